The highest BCUT2D eigenvalue weighted by atomic mass is 16.5. The fraction of sp³-hybridized carbons (Fsp3) is 0.667. The summed E-state index contributed by atoms with van der Waals surface area (Å²) in [7, 11) is 1.55. The highest BCUT2D eigenvalue weighted by Gasteiger charge is 2.32. The van der Waals surface area contributed by atoms with Gasteiger partial charge in [-0.15, -0.1) is 0 Å². The quantitative estimate of drug-likeness (QED) is 0.795. The van der Waals surface area contributed by atoms with Gasteiger partial charge in [0.25, 0.3) is 5.91 Å². The molecular formula is C12H21N3O2. The number of carbonyl (C=O) groups is 1. The zero-order chi connectivity index (χ0) is 12.9. The second kappa shape index (κ2) is 5.82. The minimum atomic E-state index is -0.778. The van der Waals surface area contributed by atoms with E-state index in [0.29, 0.717) is 6.42 Å². The molecule has 1 heterocycles. The Bertz CT molecular complexity index is 345. The van der Waals surface area contributed by atoms with E-state index in [9.17, 15) is 4.79 Å². The fourth-order valence-corrected chi connectivity index (χ4v) is 1.54. The molecule has 0 spiro atoms. The molecule has 0 saturated heterocycles. The average molecular weight is 239 g/mol. The molecule has 1 rings (SSSR count). The Balaban J connectivity index is 2.72. The number of rotatable bonds is 6. The second-order valence-corrected chi connectivity index (χ2v) is 4.20. The molecule has 2 unspecified atom stereocenters. The molecule has 0 saturated carbocycles. The molecule has 0 aliphatic heterocycles. The highest BCUT2D eigenvalue weighted by Crippen LogP contribution is 2.18. The van der Waals surface area contributed by atoms with Crippen molar-refractivity contribution in [3.05, 3.63) is 18.2 Å². The fourth-order valence-electron chi connectivity index (χ4n) is 1.54. The lowest BCUT2D eigenvalue weighted by Crippen LogP contribution is -2.46. The van der Waals surface area contributed by atoms with Gasteiger partial charge in [-0.25, -0.2) is 4.98 Å². The van der Waals surface area contributed by atoms with Crippen molar-refractivity contribution < 1.29 is 9.53 Å². The number of aromatic amines is 1. The smallest absolute Gasteiger partial charge is 0.252 e. The molecule has 0 aliphatic rings. The van der Waals surface area contributed by atoms with Crippen molar-refractivity contribution in [3.8, 4) is 0 Å². The van der Waals surface area contributed by atoms with E-state index in [-0.39, 0.29) is 11.9 Å². The summed E-state index contributed by atoms with van der Waals surface area (Å²) in [4.78, 5) is 19.3. The number of nitrogens with zero attached hydrogens (tertiary/aromatic N) is 1. The van der Waals surface area contributed by atoms with E-state index in [4.69, 9.17) is 4.74 Å². The molecule has 1 aromatic heterocycles. The number of nitrogens with one attached hydrogen (secondary N) is 2. The first kappa shape index (κ1) is 13.7. The molecule has 0 fully saturated rings. The standard InChI is InChI=1S/C12H21N3O2/c1-5-9(10-13-7-8-14-10)15-11(16)12(3,6-2)17-4/h7-9H,5-6H2,1-4H3,(H,13,14)(H,15,16). The van der Waals surface area contributed by atoms with Gasteiger partial charge in [0.05, 0.1) is 6.04 Å². The molecule has 96 valence electrons. The van der Waals surface area contributed by atoms with Crippen LogP contribution in [0.25, 0.3) is 0 Å². The van der Waals surface area contributed by atoms with Gasteiger partial charge in [0.15, 0.2) is 0 Å². The molecule has 1 amide bonds. The van der Waals surface area contributed by atoms with Gasteiger partial charge in [-0.2, -0.15) is 0 Å². The number of amides is 1. The number of H-pyrrole nitrogens is 1. The topological polar surface area (TPSA) is 67.0 Å². The Labute approximate surface area is 102 Å². The first-order valence-corrected chi connectivity index (χ1v) is 5.92. The van der Waals surface area contributed by atoms with E-state index in [2.05, 4.69) is 15.3 Å². The van der Waals surface area contributed by atoms with Gasteiger partial charge in [-0.3, -0.25) is 4.79 Å². The van der Waals surface area contributed by atoms with E-state index in [1.54, 1.807) is 26.4 Å². The molecule has 17 heavy (non-hydrogen) atoms. The van der Waals surface area contributed by atoms with Gasteiger partial charge >= 0.3 is 0 Å². The number of imidazole rings is 1. The third-order valence-corrected chi connectivity index (χ3v) is 3.17. The monoisotopic (exact) mass is 239 g/mol. The summed E-state index contributed by atoms with van der Waals surface area (Å²) in [6.07, 6.45) is 4.84. The first-order valence-electron chi connectivity index (χ1n) is 5.92. The molecule has 5 nitrogen and oxygen atoms in total. The van der Waals surface area contributed by atoms with Gasteiger partial charge in [-0.05, 0) is 19.8 Å². The number of carbonyl (C=O) groups excluding carboxylic acids is 1. The molecule has 5 heteroatoms. The van der Waals surface area contributed by atoms with Gasteiger partial charge in [0, 0.05) is 19.5 Å². The molecule has 0 aliphatic carbocycles. The van der Waals surface area contributed by atoms with Crippen LogP contribution in [0.1, 0.15) is 45.5 Å². The average Bonchev–Trinajstić information content (AvgIpc) is 2.88. The van der Waals surface area contributed by atoms with Crippen LogP contribution in [0.15, 0.2) is 12.4 Å². The number of ether oxygens (including phenoxy) is 1. The zero-order valence-corrected chi connectivity index (χ0v) is 10.9. The van der Waals surface area contributed by atoms with Crippen LogP contribution in [-0.4, -0.2) is 28.6 Å². The summed E-state index contributed by atoms with van der Waals surface area (Å²) >= 11 is 0. The third-order valence-electron chi connectivity index (χ3n) is 3.17. The SMILES string of the molecule is CCC(NC(=O)C(C)(CC)OC)c1ncc[nH]1. The molecular weight excluding hydrogens is 218 g/mol. The van der Waals surface area contributed by atoms with Gasteiger partial charge in [0.2, 0.25) is 0 Å². The predicted molar refractivity (Wildman–Crippen MR) is 65.5 cm³/mol. The van der Waals surface area contributed by atoms with Crippen LogP contribution in [0, 0.1) is 0 Å². The summed E-state index contributed by atoms with van der Waals surface area (Å²) in [6.45, 7) is 5.72. The number of hydrogen-bond acceptors (Lipinski definition) is 3. The molecule has 2 atom stereocenters. The van der Waals surface area contributed by atoms with Gasteiger partial charge in [0.1, 0.15) is 11.4 Å². The number of aromatic nitrogens is 2. The van der Waals surface area contributed by atoms with Crippen molar-refractivity contribution >= 4 is 5.91 Å². The lowest BCUT2D eigenvalue weighted by Gasteiger charge is -2.27. The third kappa shape index (κ3) is 3.06. The van der Waals surface area contributed by atoms with Crippen molar-refractivity contribution in [2.75, 3.05) is 7.11 Å². The van der Waals surface area contributed by atoms with Crippen molar-refractivity contribution in [1.82, 2.24) is 15.3 Å². The van der Waals surface area contributed by atoms with E-state index in [1.165, 1.54) is 0 Å². The maximum absolute atomic E-state index is 12.1. The largest absolute Gasteiger partial charge is 0.369 e. The minimum absolute atomic E-state index is 0.0986. The number of hydrogen-bond donors (Lipinski definition) is 2. The predicted octanol–water partition coefficient (Wildman–Crippen LogP) is 1.79. The van der Waals surface area contributed by atoms with Gasteiger partial charge < -0.3 is 15.0 Å². The lowest BCUT2D eigenvalue weighted by atomic mass is 10.0. The van der Waals surface area contributed by atoms with Gasteiger partial charge in [-0.1, -0.05) is 13.8 Å². The van der Waals surface area contributed by atoms with Crippen molar-refractivity contribution in [2.24, 2.45) is 0 Å². The summed E-state index contributed by atoms with van der Waals surface area (Å²) in [5.74, 6) is 0.668. The lowest BCUT2D eigenvalue weighted by molar-refractivity contribution is -0.142. The summed E-state index contributed by atoms with van der Waals surface area (Å²) in [5.41, 5.74) is -0.778. The molecule has 0 aromatic carbocycles. The maximum Gasteiger partial charge on any atom is 0.252 e. The molecule has 0 radical (unpaired) electrons. The maximum atomic E-state index is 12.1. The Morgan fingerprint density at radius 2 is 2.35 bits per heavy atom. The van der Waals surface area contributed by atoms with Crippen LogP contribution >= 0.6 is 0 Å². The minimum Gasteiger partial charge on any atom is -0.369 e. The second-order valence-electron chi connectivity index (χ2n) is 4.20. The summed E-state index contributed by atoms with van der Waals surface area (Å²) < 4.78 is 5.27. The number of methoxy groups -OCH3 is 1. The van der Waals surface area contributed by atoms with Crippen LogP contribution in [0.5, 0.6) is 0 Å². The van der Waals surface area contributed by atoms with Crippen LogP contribution in [0.4, 0.5) is 0 Å². The normalized spacial score (nSPS) is 16.2. The van der Waals surface area contributed by atoms with Crippen molar-refractivity contribution in [2.45, 2.75) is 45.3 Å². The van der Waals surface area contributed by atoms with E-state index in [1.807, 2.05) is 13.8 Å². The van der Waals surface area contributed by atoms with Crippen LogP contribution in [-0.2, 0) is 9.53 Å². The Kier molecular flexibility index (Phi) is 4.69. The molecule has 1 aromatic rings. The highest BCUT2D eigenvalue weighted by molar-refractivity contribution is 5.85. The van der Waals surface area contributed by atoms with Crippen LogP contribution in [0.3, 0.4) is 0 Å². The van der Waals surface area contributed by atoms with E-state index >= 15 is 0 Å². The van der Waals surface area contributed by atoms with Crippen molar-refractivity contribution in [3.63, 3.8) is 0 Å². The Hall–Kier alpha value is -1.36. The van der Waals surface area contributed by atoms with E-state index < -0.39 is 5.60 Å². The van der Waals surface area contributed by atoms with Crippen LogP contribution < -0.4 is 5.32 Å². The molecule has 0 bridgehead atoms. The van der Waals surface area contributed by atoms with E-state index in [0.717, 1.165) is 12.2 Å². The summed E-state index contributed by atoms with van der Waals surface area (Å²) in [5, 5.41) is 2.95. The Morgan fingerprint density at radius 3 is 2.76 bits per heavy atom. The first-order chi connectivity index (χ1) is 8.07. The Morgan fingerprint density at radius 1 is 1.65 bits per heavy atom. The molecule has 2 N–H and O–H groups in total. The van der Waals surface area contributed by atoms with Crippen molar-refractivity contribution in [1.29, 1.82) is 0 Å². The van der Waals surface area contributed by atoms with Crippen LogP contribution in [0.2, 0.25) is 0 Å². The zero-order valence-electron chi connectivity index (χ0n) is 10.9. The summed E-state index contributed by atoms with van der Waals surface area (Å²) in [6, 6.07) is -0.0986.